The van der Waals surface area contributed by atoms with Gasteiger partial charge in [-0.1, -0.05) is 0 Å². The van der Waals surface area contributed by atoms with E-state index >= 15 is 0 Å². The van der Waals surface area contributed by atoms with Crippen molar-refractivity contribution in [2.75, 3.05) is 13.7 Å². The van der Waals surface area contributed by atoms with Crippen LogP contribution in [0.3, 0.4) is 0 Å². The monoisotopic (exact) mass is 253 g/mol. The van der Waals surface area contributed by atoms with Gasteiger partial charge in [-0.3, -0.25) is 9.69 Å². The van der Waals surface area contributed by atoms with E-state index in [2.05, 4.69) is 4.74 Å². The van der Waals surface area contributed by atoms with Crippen molar-refractivity contribution in [2.24, 2.45) is 5.92 Å². The first-order valence-electron chi connectivity index (χ1n) is 5.48. The Kier molecular flexibility index (Phi) is 3.76. The molecule has 100 valence electrons. The normalized spacial score (nSPS) is 27.2. The van der Waals surface area contributed by atoms with Crippen LogP contribution < -0.4 is 0 Å². The van der Waals surface area contributed by atoms with Crippen LogP contribution in [0, 0.1) is 5.92 Å². The number of methoxy groups -OCH3 is 1. The van der Waals surface area contributed by atoms with E-state index in [4.69, 9.17) is 0 Å². The number of rotatable bonds is 1. The van der Waals surface area contributed by atoms with Gasteiger partial charge in [0.2, 0.25) is 0 Å². The lowest BCUT2D eigenvalue weighted by Gasteiger charge is -2.35. The number of hydrogen-bond acceptors (Lipinski definition) is 3. The van der Waals surface area contributed by atoms with Crippen molar-refractivity contribution in [2.45, 2.75) is 44.9 Å². The first-order chi connectivity index (χ1) is 7.57. The number of esters is 1. The number of ether oxygens (including phenoxy) is 1. The van der Waals surface area contributed by atoms with Crippen LogP contribution in [0.1, 0.15) is 27.2 Å². The molecule has 0 saturated carbocycles. The Balaban J connectivity index is 2.91. The van der Waals surface area contributed by atoms with Crippen LogP contribution in [0.15, 0.2) is 0 Å². The second-order valence-corrected chi connectivity index (χ2v) is 5.34. The summed E-state index contributed by atoms with van der Waals surface area (Å²) >= 11 is 0. The second-order valence-electron chi connectivity index (χ2n) is 5.34. The van der Waals surface area contributed by atoms with E-state index in [9.17, 15) is 18.0 Å². The summed E-state index contributed by atoms with van der Waals surface area (Å²) in [6, 6.07) is -0.799. The molecule has 0 amide bonds. The summed E-state index contributed by atoms with van der Waals surface area (Å²) in [5, 5.41) is 0. The van der Waals surface area contributed by atoms with Gasteiger partial charge in [0, 0.05) is 12.1 Å². The molecular weight excluding hydrogens is 235 g/mol. The van der Waals surface area contributed by atoms with Gasteiger partial charge in [0.15, 0.2) is 0 Å². The maximum atomic E-state index is 12.7. The molecule has 0 aromatic rings. The molecule has 1 heterocycles. The van der Waals surface area contributed by atoms with Crippen LogP contribution in [-0.4, -0.2) is 42.3 Å². The predicted molar refractivity (Wildman–Crippen MR) is 56.4 cm³/mol. The van der Waals surface area contributed by atoms with E-state index in [-0.39, 0.29) is 13.0 Å². The zero-order chi connectivity index (χ0) is 13.4. The maximum Gasteiger partial charge on any atom is 0.393 e. The highest BCUT2D eigenvalue weighted by molar-refractivity contribution is 5.76. The van der Waals surface area contributed by atoms with Gasteiger partial charge in [-0.25, -0.2) is 0 Å². The molecule has 1 fully saturated rings. The molecular formula is C11H18F3NO2. The van der Waals surface area contributed by atoms with Gasteiger partial charge in [0.25, 0.3) is 0 Å². The van der Waals surface area contributed by atoms with Gasteiger partial charge in [-0.2, -0.15) is 13.2 Å². The van der Waals surface area contributed by atoms with Crippen molar-refractivity contribution in [3.63, 3.8) is 0 Å². The second kappa shape index (κ2) is 4.48. The van der Waals surface area contributed by atoms with E-state index in [1.165, 1.54) is 7.11 Å². The van der Waals surface area contributed by atoms with Crippen molar-refractivity contribution in [1.29, 1.82) is 0 Å². The highest BCUT2D eigenvalue weighted by Crippen LogP contribution is 2.39. The highest BCUT2D eigenvalue weighted by Gasteiger charge is 2.52. The predicted octanol–water partition coefficient (Wildman–Crippen LogP) is 2.21. The van der Waals surface area contributed by atoms with Crippen molar-refractivity contribution in [3.8, 4) is 0 Å². The third-order valence-electron chi connectivity index (χ3n) is 3.10. The van der Waals surface area contributed by atoms with Crippen molar-refractivity contribution >= 4 is 5.97 Å². The zero-order valence-electron chi connectivity index (χ0n) is 10.5. The summed E-state index contributed by atoms with van der Waals surface area (Å²) in [6.45, 7) is 5.23. The molecule has 1 saturated heterocycles. The molecule has 17 heavy (non-hydrogen) atoms. The lowest BCUT2D eigenvalue weighted by Crippen LogP contribution is -2.48. The van der Waals surface area contributed by atoms with E-state index < -0.39 is 29.6 Å². The Labute approximate surface area is 98.9 Å². The van der Waals surface area contributed by atoms with Gasteiger partial charge >= 0.3 is 12.1 Å². The molecule has 1 aliphatic rings. The molecule has 0 radical (unpaired) electrons. The van der Waals surface area contributed by atoms with E-state index in [0.717, 1.165) is 0 Å². The Morgan fingerprint density at radius 3 is 2.18 bits per heavy atom. The molecule has 0 bridgehead atoms. The largest absolute Gasteiger partial charge is 0.468 e. The van der Waals surface area contributed by atoms with E-state index in [0.29, 0.717) is 0 Å². The lowest BCUT2D eigenvalue weighted by atomic mass is 10.0. The number of halogens is 3. The molecule has 6 heteroatoms. The standard InChI is InChI=1S/C11H18F3NO2/c1-10(2,3)15-6-7(11(12,13)14)5-8(15)9(16)17-4/h7-8H,5-6H2,1-4H3/t7-,8?/m1/s1. The minimum Gasteiger partial charge on any atom is -0.468 e. The van der Waals surface area contributed by atoms with Crippen molar-refractivity contribution in [3.05, 3.63) is 0 Å². The van der Waals surface area contributed by atoms with Gasteiger partial charge in [-0.15, -0.1) is 0 Å². The summed E-state index contributed by atoms with van der Waals surface area (Å²) in [4.78, 5) is 13.1. The molecule has 1 unspecified atom stereocenters. The minimum absolute atomic E-state index is 0.146. The number of carbonyl (C=O) groups is 1. The summed E-state index contributed by atoms with van der Waals surface area (Å²) in [5.74, 6) is -2.04. The molecule has 0 aromatic carbocycles. The van der Waals surface area contributed by atoms with Crippen molar-refractivity contribution in [1.82, 2.24) is 4.90 Å². The van der Waals surface area contributed by atoms with Crippen LogP contribution in [0.2, 0.25) is 0 Å². The molecule has 0 aromatic heterocycles. The maximum absolute atomic E-state index is 12.7. The number of hydrogen-bond donors (Lipinski definition) is 0. The molecule has 3 nitrogen and oxygen atoms in total. The molecule has 2 atom stereocenters. The Morgan fingerprint density at radius 2 is 1.82 bits per heavy atom. The van der Waals surface area contributed by atoms with Gasteiger partial charge in [0.05, 0.1) is 13.0 Å². The Bertz CT molecular complexity index is 296. The molecule has 0 spiro atoms. The fourth-order valence-electron chi connectivity index (χ4n) is 2.17. The summed E-state index contributed by atoms with van der Waals surface area (Å²) in [7, 11) is 1.20. The van der Waals surface area contributed by atoms with Gasteiger partial charge in [-0.05, 0) is 27.2 Å². The molecule has 1 rings (SSSR count). The lowest BCUT2D eigenvalue weighted by molar-refractivity contribution is -0.171. The minimum atomic E-state index is -4.26. The quantitative estimate of drug-likeness (QED) is 0.671. The Morgan fingerprint density at radius 1 is 1.29 bits per heavy atom. The van der Waals surface area contributed by atoms with Gasteiger partial charge < -0.3 is 4.74 Å². The highest BCUT2D eigenvalue weighted by atomic mass is 19.4. The summed E-state index contributed by atoms with van der Waals surface area (Å²) < 4.78 is 42.6. The average Bonchev–Trinajstić information content (AvgIpc) is 2.59. The topological polar surface area (TPSA) is 29.5 Å². The average molecular weight is 253 g/mol. The van der Waals surface area contributed by atoms with E-state index in [1.807, 2.05) is 0 Å². The number of likely N-dealkylation sites (tertiary alicyclic amines) is 1. The third-order valence-corrected chi connectivity index (χ3v) is 3.10. The third kappa shape index (κ3) is 3.12. The van der Waals surface area contributed by atoms with Crippen LogP contribution in [0.5, 0.6) is 0 Å². The first-order valence-corrected chi connectivity index (χ1v) is 5.48. The molecule has 0 aliphatic carbocycles. The first kappa shape index (κ1) is 14.3. The number of carbonyl (C=O) groups excluding carboxylic acids is 1. The van der Waals surface area contributed by atoms with Crippen LogP contribution in [0.4, 0.5) is 13.2 Å². The van der Waals surface area contributed by atoms with Crippen LogP contribution in [-0.2, 0) is 9.53 Å². The van der Waals surface area contributed by atoms with Gasteiger partial charge in [0.1, 0.15) is 6.04 Å². The van der Waals surface area contributed by atoms with E-state index in [1.54, 1.807) is 25.7 Å². The summed E-state index contributed by atoms with van der Waals surface area (Å²) in [6.07, 6.45) is -4.47. The fraction of sp³-hybridized carbons (Fsp3) is 0.909. The molecule has 0 N–H and O–H groups in total. The Hall–Kier alpha value is -0.780. The zero-order valence-corrected chi connectivity index (χ0v) is 10.5. The smallest absolute Gasteiger partial charge is 0.393 e. The van der Waals surface area contributed by atoms with Crippen LogP contribution >= 0.6 is 0 Å². The van der Waals surface area contributed by atoms with Crippen LogP contribution in [0.25, 0.3) is 0 Å². The molecule has 1 aliphatic heterocycles. The SMILES string of the molecule is COC(=O)C1C[C@@H](C(F)(F)F)CN1C(C)(C)C. The van der Waals surface area contributed by atoms with Crippen molar-refractivity contribution < 1.29 is 22.7 Å². The fourth-order valence-corrected chi connectivity index (χ4v) is 2.17. The number of nitrogens with zero attached hydrogens (tertiary/aromatic N) is 1. The number of alkyl halides is 3. The summed E-state index contributed by atoms with van der Waals surface area (Å²) in [5.41, 5.74) is -0.487.